The highest BCUT2D eigenvalue weighted by Gasteiger charge is 2.40. The fourth-order valence-electron chi connectivity index (χ4n) is 3.11. The minimum atomic E-state index is -0.622. The van der Waals surface area contributed by atoms with E-state index in [9.17, 15) is 14.9 Å². The van der Waals surface area contributed by atoms with Crippen LogP contribution in [0, 0.1) is 16.0 Å². The van der Waals surface area contributed by atoms with Crippen molar-refractivity contribution in [3.05, 3.63) is 75.3 Å². The van der Waals surface area contributed by atoms with Gasteiger partial charge in [0.2, 0.25) is 0 Å². The van der Waals surface area contributed by atoms with Crippen molar-refractivity contribution in [1.82, 2.24) is 0 Å². The van der Waals surface area contributed by atoms with Gasteiger partial charge in [-0.05, 0) is 48.4 Å². The van der Waals surface area contributed by atoms with Gasteiger partial charge in [0, 0.05) is 18.1 Å². The van der Waals surface area contributed by atoms with E-state index in [2.05, 4.69) is 43.3 Å². The van der Waals surface area contributed by atoms with E-state index in [1.54, 1.807) is 0 Å². The summed E-state index contributed by atoms with van der Waals surface area (Å²) in [5.74, 6) is 0.575. The van der Waals surface area contributed by atoms with E-state index in [-0.39, 0.29) is 17.2 Å². The van der Waals surface area contributed by atoms with Gasteiger partial charge in [-0.3, -0.25) is 10.1 Å². The third-order valence-electron chi connectivity index (χ3n) is 4.94. The summed E-state index contributed by atoms with van der Waals surface area (Å²) in [6.45, 7) is 6.20. The van der Waals surface area contributed by atoms with Crippen LogP contribution in [0.25, 0.3) is 0 Å². The summed E-state index contributed by atoms with van der Waals surface area (Å²) >= 11 is 0. The van der Waals surface area contributed by atoms with Crippen LogP contribution in [0.1, 0.15) is 60.5 Å². The Labute approximate surface area is 158 Å². The van der Waals surface area contributed by atoms with Gasteiger partial charge in [-0.2, -0.15) is 0 Å². The number of non-ortho nitro benzene ring substituents is 1. The normalized spacial score (nSPS) is 19.0. The number of rotatable bonds is 6. The van der Waals surface area contributed by atoms with Gasteiger partial charge < -0.3 is 4.84 Å². The van der Waals surface area contributed by atoms with Crippen LogP contribution in [-0.2, 0) is 4.84 Å². The Morgan fingerprint density at radius 1 is 1.15 bits per heavy atom. The average molecular weight is 366 g/mol. The largest absolute Gasteiger partial charge is 0.365 e. The van der Waals surface area contributed by atoms with E-state index < -0.39 is 10.9 Å². The second kappa shape index (κ2) is 7.70. The molecule has 140 valence electrons. The Bertz CT molecular complexity index is 870. The summed E-state index contributed by atoms with van der Waals surface area (Å²) in [4.78, 5) is 27.2. The molecule has 1 fully saturated rings. The number of oxime groups is 1. The van der Waals surface area contributed by atoms with Gasteiger partial charge in [0.25, 0.3) is 5.69 Å². The third kappa shape index (κ3) is 4.39. The van der Waals surface area contributed by atoms with Crippen LogP contribution in [0.2, 0.25) is 0 Å². The highest BCUT2D eigenvalue weighted by atomic mass is 16.7. The number of nitro benzene ring substituents is 1. The summed E-state index contributed by atoms with van der Waals surface area (Å²) in [7, 11) is 0. The number of nitrogens with zero attached hydrogens (tertiary/aromatic N) is 2. The molecule has 0 aromatic heterocycles. The van der Waals surface area contributed by atoms with Gasteiger partial charge in [-0.1, -0.05) is 43.3 Å². The quantitative estimate of drug-likeness (QED) is 0.310. The van der Waals surface area contributed by atoms with Gasteiger partial charge in [0.1, 0.15) is 0 Å². The number of hydrogen-bond donors (Lipinski definition) is 0. The van der Waals surface area contributed by atoms with Gasteiger partial charge in [-0.15, -0.1) is 0 Å². The molecule has 27 heavy (non-hydrogen) atoms. The van der Waals surface area contributed by atoms with E-state index >= 15 is 0 Å². The van der Waals surface area contributed by atoms with E-state index in [1.807, 2.05) is 6.92 Å². The van der Waals surface area contributed by atoms with Crippen LogP contribution in [0.15, 0.2) is 53.7 Å². The van der Waals surface area contributed by atoms with Crippen molar-refractivity contribution in [2.45, 2.75) is 39.0 Å². The van der Waals surface area contributed by atoms with E-state index in [4.69, 9.17) is 4.84 Å². The molecule has 0 bridgehead atoms. The molecule has 0 saturated heterocycles. The highest BCUT2D eigenvalue weighted by molar-refractivity contribution is 5.92. The number of hydrogen-bond acceptors (Lipinski definition) is 5. The molecule has 0 radical (unpaired) electrons. The first kappa shape index (κ1) is 18.8. The topological polar surface area (TPSA) is 81.8 Å². The zero-order chi connectivity index (χ0) is 19.6. The standard InChI is InChI=1S/C21H22N2O4/c1-13(2)15-4-6-16(7-5-15)20-12-19(20)14(3)22-27-21(24)17-8-10-18(11-9-17)23(25)26/h4-11,13,19-20H,12H2,1-3H3/b22-14-/t19-,20-/m1/s1. The molecule has 0 heterocycles. The molecule has 0 unspecified atom stereocenters. The van der Waals surface area contributed by atoms with E-state index in [0.29, 0.717) is 11.8 Å². The Hall–Kier alpha value is -3.02. The highest BCUT2D eigenvalue weighted by Crippen LogP contribution is 2.48. The summed E-state index contributed by atoms with van der Waals surface area (Å²) < 4.78 is 0. The van der Waals surface area contributed by atoms with Crippen molar-refractivity contribution in [2.75, 3.05) is 0 Å². The Kier molecular flexibility index (Phi) is 5.35. The zero-order valence-electron chi connectivity index (χ0n) is 15.6. The number of carbonyl (C=O) groups is 1. The molecule has 0 N–H and O–H groups in total. The van der Waals surface area contributed by atoms with E-state index in [0.717, 1.165) is 12.1 Å². The lowest BCUT2D eigenvalue weighted by atomic mass is 9.99. The van der Waals surface area contributed by atoms with Gasteiger partial charge in [0.05, 0.1) is 16.2 Å². The van der Waals surface area contributed by atoms with Crippen molar-refractivity contribution in [3.63, 3.8) is 0 Å². The average Bonchev–Trinajstić information content (AvgIpc) is 3.47. The first-order valence-electron chi connectivity index (χ1n) is 8.97. The van der Waals surface area contributed by atoms with Crippen molar-refractivity contribution < 1.29 is 14.6 Å². The maximum Gasteiger partial charge on any atom is 0.365 e. The molecule has 3 rings (SSSR count). The van der Waals surface area contributed by atoms with Crippen molar-refractivity contribution >= 4 is 17.4 Å². The van der Waals surface area contributed by atoms with Crippen LogP contribution in [0.5, 0.6) is 0 Å². The second-order valence-electron chi connectivity index (χ2n) is 7.19. The predicted octanol–water partition coefficient (Wildman–Crippen LogP) is 5.05. The van der Waals surface area contributed by atoms with Crippen molar-refractivity contribution in [2.24, 2.45) is 11.1 Å². The smallest absolute Gasteiger partial charge is 0.313 e. The van der Waals surface area contributed by atoms with Crippen LogP contribution in [0.3, 0.4) is 0 Å². The van der Waals surface area contributed by atoms with Crippen molar-refractivity contribution in [3.8, 4) is 0 Å². The van der Waals surface area contributed by atoms with Crippen LogP contribution in [0.4, 0.5) is 5.69 Å². The minimum absolute atomic E-state index is 0.0736. The molecular weight excluding hydrogens is 344 g/mol. The first-order chi connectivity index (χ1) is 12.9. The minimum Gasteiger partial charge on any atom is -0.313 e. The molecule has 1 aliphatic rings. The fourth-order valence-corrected chi connectivity index (χ4v) is 3.11. The summed E-state index contributed by atoms with van der Waals surface area (Å²) in [5, 5.41) is 14.6. The maximum atomic E-state index is 12.0. The zero-order valence-corrected chi connectivity index (χ0v) is 15.6. The summed E-state index contributed by atoms with van der Waals surface area (Å²) in [6, 6.07) is 13.9. The van der Waals surface area contributed by atoms with Crippen LogP contribution < -0.4 is 0 Å². The van der Waals surface area contributed by atoms with Gasteiger partial charge in [0.15, 0.2) is 0 Å². The molecular formula is C21H22N2O4. The lowest BCUT2D eigenvalue weighted by molar-refractivity contribution is -0.384. The molecule has 0 spiro atoms. The summed E-state index contributed by atoms with van der Waals surface area (Å²) in [6.07, 6.45) is 0.992. The predicted molar refractivity (Wildman–Crippen MR) is 103 cm³/mol. The molecule has 1 aliphatic carbocycles. The Balaban J connectivity index is 1.58. The fraction of sp³-hybridized carbons (Fsp3) is 0.333. The Morgan fingerprint density at radius 2 is 1.78 bits per heavy atom. The van der Waals surface area contributed by atoms with Crippen molar-refractivity contribution in [1.29, 1.82) is 0 Å². The lowest BCUT2D eigenvalue weighted by Gasteiger charge is -2.06. The first-order valence-corrected chi connectivity index (χ1v) is 8.97. The third-order valence-corrected chi connectivity index (χ3v) is 4.94. The van der Waals surface area contributed by atoms with E-state index in [1.165, 1.54) is 35.4 Å². The number of carbonyl (C=O) groups excluding carboxylic acids is 1. The molecule has 2 atom stereocenters. The monoisotopic (exact) mass is 366 g/mol. The summed E-state index contributed by atoms with van der Waals surface area (Å²) in [5.41, 5.74) is 3.53. The van der Waals surface area contributed by atoms with Crippen LogP contribution >= 0.6 is 0 Å². The molecule has 0 aliphatic heterocycles. The molecule has 6 nitrogen and oxygen atoms in total. The molecule has 6 heteroatoms. The number of nitro groups is 1. The molecule has 1 saturated carbocycles. The SMILES string of the molecule is C/C(=N/OC(=O)c1ccc([N+](=O)[O-])cc1)[C@H]1C[C@@H]1c1ccc(C(C)C)cc1. The lowest BCUT2D eigenvalue weighted by Crippen LogP contribution is -2.05. The molecule has 0 amide bonds. The second-order valence-corrected chi connectivity index (χ2v) is 7.19. The number of benzene rings is 2. The maximum absolute atomic E-state index is 12.0. The van der Waals surface area contributed by atoms with Gasteiger partial charge >= 0.3 is 5.97 Å². The van der Waals surface area contributed by atoms with Gasteiger partial charge in [-0.25, -0.2) is 4.79 Å². The molecule has 2 aromatic carbocycles. The van der Waals surface area contributed by atoms with Crippen LogP contribution in [-0.4, -0.2) is 16.6 Å². The molecule has 2 aromatic rings. The Morgan fingerprint density at radius 3 is 2.33 bits per heavy atom.